The number of aryl methyl sites for hydroxylation is 1. The van der Waals surface area contributed by atoms with Crippen molar-refractivity contribution in [3.63, 3.8) is 0 Å². The van der Waals surface area contributed by atoms with E-state index in [-0.39, 0.29) is 5.56 Å². The highest BCUT2D eigenvalue weighted by molar-refractivity contribution is 6.05. The highest BCUT2D eigenvalue weighted by Crippen LogP contribution is 2.30. The first kappa shape index (κ1) is 18.5. The van der Waals surface area contributed by atoms with Gasteiger partial charge in [0.15, 0.2) is 0 Å². The van der Waals surface area contributed by atoms with Crippen molar-refractivity contribution in [1.82, 2.24) is 14.5 Å². The molecule has 3 aromatic carbocycles. The molecule has 0 saturated carbocycles. The van der Waals surface area contributed by atoms with Crippen molar-refractivity contribution in [2.75, 3.05) is 0 Å². The minimum Gasteiger partial charge on any atom is -0.276 e. The molecule has 0 aliphatic carbocycles. The smallest absolute Gasteiger partial charge is 0.255 e. The van der Waals surface area contributed by atoms with E-state index in [4.69, 9.17) is 0 Å². The molecule has 0 spiro atoms. The zero-order valence-electron chi connectivity index (χ0n) is 17.5. The van der Waals surface area contributed by atoms with Crippen LogP contribution >= 0.6 is 0 Å². The molecule has 4 nitrogen and oxygen atoms in total. The fourth-order valence-electron chi connectivity index (χ4n) is 4.34. The summed E-state index contributed by atoms with van der Waals surface area (Å²) in [6.45, 7) is 2.03. The number of para-hydroxylation sites is 1. The van der Waals surface area contributed by atoms with Crippen molar-refractivity contribution in [3.05, 3.63) is 113 Å². The van der Waals surface area contributed by atoms with Crippen molar-refractivity contribution in [2.24, 2.45) is 0 Å². The van der Waals surface area contributed by atoms with Gasteiger partial charge in [-0.1, -0.05) is 36.4 Å². The quantitative estimate of drug-likeness (QED) is 0.324. The summed E-state index contributed by atoms with van der Waals surface area (Å²) in [6.07, 6.45) is 3.73. The number of hydrogen-bond donors (Lipinski definition) is 0. The van der Waals surface area contributed by atoms with Crippen LogP contribution in [0.2, 0.25) is 0 Å². The lowest BCUT2D eigenvalue weighted by atomic mass is 10.0. The number of fused-ring (bicyclic) bond motifs is 4. The van der Waals surface area contributed by atoms with Crippen LogP contribution in [0.5, 0.6) is 0 Å². The molecule has 6 aromatic rings. The number of nitrogens with zero attached hydrogens (tertiary/aromatic N) is 3. The second-order valence-electron chi connectivity index (χ2n) is 8.06. The zero-order chi connectivity index (χ0) is 21.7. The van der Waals surface area contributed by atoms with E-state index in [1.54, 1.807) is 10.6 Å². The second-order valence-corrected chi connectivity index (χ2v) is 8.06. The molecule has 6 rings (SSSR count). The molecule has 0 aliphatic rings. The van der Waals surface area contributed by atoms with Gasteiger partial charge >= 0.3 is 0 Å². The van der Waals surface area contributed by atoms with Crippen LogP contribution in [0, 0.1) is 6.92 Å². The van der Waals surface area contributed by atoms with Crippen LogP contribution in [0.1, 0.15) is 5.56 Å². The monoisotopic (exact) mass is 413 g/mol. The first-order valence-electron chi connectivity index (χ1n) is 10.5. The van der Waals surface area contributed by atoms with E-state index in [0.29, 0.717) is 0 Å². The molecule has 0 amide bonds. The summed E-state index contributed by atoms with van der Waals surface area (Å²) in [5, 5.41) is 2.96. The van der Waals surface area contributed by atoms with Crippen LogP contribution in [0.4, 0.5) is 0 Å². The Morgan fingerprint density at radius 1 is 0.688 bits per heavy atom. The minimum absolute atomic E-state index is 0.0617. The molecule has 0 saturated heterocycles. The van der Waals surface area contributed by atoms with Gasteiger partial charge in [-0.05, 0) is 60.5 Å². The fourth-order valence-corrected chi connectivity index (χ4v) is 4.34. The SMILES string of the molecule is Cc1cccc(-n2c(=O)ccc3cnc4ccc(-c5cnc6ccccc6c5)cc4c32)c1. The van der Waals surface area contributed by atoms with Crippen molar-refractivity contribution < 1.29 is 0 Å². The van der Waals surface area contributed by atoms with Gasteiger partial charge in [0, 0.05) is 45.9 Å². The van der Waals surface area contributed by atoms with Gasteiger partial charge < -0.3 is 0 Å². The van der Waals surface area contributed by atoms with E-state index in [9.17, 15) is 4.79 Å². The maximum absolute atomic E-state index is 13.0. The first-order chi connectivity index (χ1) is 15.7. The molecule has 32 heavy (non-hydrogen) atoms. The van der Waals surface area contributed by atoms with Gasteiger partial charge in [0.1, 0.15) is 0 Å². The number of pyridine rings is 3. The predicted molar refractivity (Wildman–Crippen MR) is 130 cm³/mol. The molecule has 152 valence electrons. The van der Waals surface area contributed by atoms with E-state index >= 15 is 0 Å². The predicted octanol–water partition coefficient (Wildman–Crippen LogP) is 6.06. The standard InChI is InChI=1S/C28H19N3O/c1-18-5-4-7-23(13-18)31-27(32)12-10-21-16-30-26-11-9-19(15-24(26)28(21)31)22-14-20-6-2-3-8-25(20)29-17-22/h2-17H,1H3. The molecule has 0 radical (unpaired) electrons. The summed E-state index contributed by atoms with van der Waals surface area (Å²) in [5.41, 5.74) is 6.65. The fraction of sp³-hybridized carbons (Fsp3) is 0.0357. The summed E-state index contributed by atoms with van der Waals surface area (Å²) in [6, 6.07) is 27.9. The lowest BCUT2D eigenvalue weighted by molar-refractivity contribution is 1.04. The first-order valence-corrected chi connectivity index (χ1v) is 10.5. The Hall–Kier alpha value is -4.31. The van der Waals surface area contributed by atoms with Crippen molar-refractivity contribution in [1.29, 1.82) is 0 Å². The molecule has 0 unspecified atom stereocenters. The average molecular weight is 413 g/mol. The van der Waals surface area contributed by atoms with Crippen molar-refractivity contribution in [3.8, 4) is 16.8 Å². The van der Waals surface area contributed by atoms with Crippen LogP contribution in [0.15, 0.2) is 102 Å². The summed E-state index contributed by atoms with van der Waals surface area (Å²) in [7, 11) is 0. The van der Waals surface area contributed by atoms with Gasteiger partial charge in [-0.25, -0.2) is 0 Å². The maximum atomic E-state index is 13.0. The third-order valence-corrected chi connectivity index (χ3v) is 5.90. The topological polar surface area (TPSA) is 47.8 Å². The molecular weight excluding hydrogens is 394 g/mol. The van der Waals surface area contributed by atoms with Gasteiger partial charge in [-0.2, -0.15) is 0 Å². The summed E-state index contributed by atoms with van der Waals surface area (Å²) < 4.78 is 1.79. The lowest BCUT2D eigenvalue weighted by Gasteiger charge is -2.14. The molecule has 3 aromatic heterocycles. The Bertz CT molecular complexity index is 1720. The van der Waals surface area contributed by atoms with Gasteiger partial charge in [-0.3, -0.25) is 19.3 Å². The van der Waals surface area contributed by atoms with Crippen LogP contribution in [0.25, 0.3) is 49.5 Å². The van der Waals surface area contributed by atoms with Crippen molar-refractivity contribution >= 4 is 32.7 Å². The third kappa shape index (κ3) is 2.96. The Morgan fingerprint density at radius 2 is 1.56 bits per heavy atom. The van der Waals surface area contributed by atoms with Gasteiger partial charge in [0.2, 0.25) is 0 Å². The molecular formula is C28H19N3O. The van der Waals surface area contributed by atoms with Crippen LogP contribution in [-0.2, 0) is 0 Å². The summed E-state index contributed by atoms with van der Waals surface area (Å²) >= 11 is 0. The van der Waals surface area contributed by atoms with Gasteiger partial charge in [0.05, 0.1) is 16.6 Å². The Kier molecular flexibility index (Phi) is 4.12. The number of hydrogen-bond acceptors (Lipinski definition) is 3. The molecule has 0 aliphatic heterocycles. The summed E-state index contributed by atoms with van der Waals surface area (Å²) in [4.78, 5) is 22.3. The molecule has 0 bridgehead atoms. The Labute approximate surface area is 184 Å². The van der Waals surface area contributed by atoms with E-state index < -0.39 is 0 Å². The maximum Gasteiger partial charge on any atom is 0.255 e. The van der Waals surface area contributed by atoms with Crippen molar-refractivity contribution in [2.45, 2.75) is 6.92 Å². The highest BCUT2D eigenvalue weighted by Gasteiger charge is 2.12. The number of benzene rings is 3. The molecule has 0 atom stereocenters. The Morgan fingerprint density at radius 3 is 2.47 bits per heavy atom. The minimum atomic E-state index is -0.0617. The van der Waals surface area contributed by atoms with Gasteiger partial charge in [-0.15, -0.1) is 0 Å². The van der Waals surface area contributed by atoms with Crippen LogP contribution in [-0.4, -0.2) is 14.5 Å². The van der Waals surface area contributed by atoms with E-state index in [2.05, 4.69) is 34.2 Å². The van der Waals surface area contributed by atoms with Crippen LogP contribution in [0.3, 0.4) is 0 Å². The van der Waals surface area contributed by atoms with E-state index in [1.807, 2.05) is 73.9 Å². The second kappa shape index (κ2) is 7.13. The normalized spacial score (nSPS) is 11.4. The van der Waals surface area contributed by atoms with E-state index in [1.165, 1.54) is 0 Å². The lowest BCUT2D eigenvalue weighted by Crippen LogP contribution is -2.17. The summed E-state index contributed by atoms with van der Waals surface area (Å²) in [5.74, 6) is 0. The number of rotatable bonds is 2. The highest BCUT2D eigenvalue weighted by atomic mass is 16.1. The molecule has 0 N–H and O–H groups in total. The van der Waals surface area contributed by atoms with E-state index in [0.717, 1.165) is 55.1 Å². The van der Waals surface area contributed by atoms with Crippen LogP contribution < -0.4 is 5.56 Å². The number of aromatic nitrogens is 3. The largest absolute Gasteiger partial charge is 0.276 e. The Balaban J connectivity index is 1.67. The molecule has 0 fully saturated rings. The zero-order valence-corrected chi connectivity index (χ0v) is 17.5. The third-order valence-electron chi connectivity index (χ3n) is 5.90. The molecule has 4 heteroatoms. The average Bonchev–Trinajstić information content (AvgIpc) is 2.83. The molecule has 3 heterocycles. The van der Waals surface area contributed by atoms with Gasteiger partial charge in [0.25, 0.3) is 5.56 Å².